The molecule has 24 heavy (non-hydrogen) atoms. The molecule has 11 heteroatoms. The lowest BCUT2D eigenvalue weighted by Gasteiger charge is -2.12. The first-order valence-electron chi connectivity index (χ1n) is 6.63. The van der Waals surface area contributed by atoms with Crippen LogP contribution in [0.15, 0.2) is 34.2 Å². The summed E-state index contributed by atoms with van der Waals surface area (Å²) in [5.41, 5.74) is -0.307. The molecule has 0 aliphatic rings. The molecule has 0 radical (unpaired) electrons. The highest BCUT2D eigenvalue weighted by molar-refractivity contribution is 7.92. The van der Waals surface area contributed by atoms with Gasteiger partial charge in [0.05, 0.1) is 20.5 Å². The normalized spacial score (nSPS) is 11.4. The third kappa shape index (κ3) is 2.76. The number of rotatable bonds is 5. The SMILES string of the molecule is COc1ccc(OC)c(S(=O)(=O)Nc2nc3nc[nH]c3c(=O)[nH]2)c1. The second-order valence-corrected chi connectivity index (χ2v) is 6.29. The van der Waals surface area contributed by atoms with Gasteiger partial charge in [-0.1, -0.05) is 0 Å². The van der Waals surface area contributed by atoms with Gasteiger partial charge in [0.15, 0.2) is 11.2 Å². The van der Waals surface area contributed by atoms with E-state index < -0.39 is 15.6 Å². The molecule has 2 heterocycles. The van der Waals surface area contributed by atoms with Crippen LogP contribution in [0.4, 0.5) is 5.95 Å². The topological polar surface area (TPSA) is 139 Å². The number of hydrogen-bond donors (Lipinski definition) is 3. The third-order valence-corrected chi connectivity index (χ3v) is 4.55. The Kier molecular flexibility index (Phi) is 3.85. The fraction of sp³-hybridized carbons (Fsp3) is 0.154. The second kappa shape index (κ2) is 5.85. The van der Waals surface area contributed by atoms with E-state index in [1.54, 1.807) is 6.07 Å². The summed E-state index contributed by atoms with van der Waals surface area (Å²) in [6.45, 7) is 0. The van der Waals surface area contributed by atoms with Crippen molar-refractivity contribution >= 4 is 27.1 Å². The molecule has 3 N–H and O–H groups in total. The molecule has 0 spiro atoms. The Morgan fingerprint density at radius 1 is 1.21 bits per heavy atom. The zero-order chi connectivity index (χ0) is 17.3. The molecule has 0 unspecified atom stereocenters. The van der Waals surface area contributed by atoms with Crippen LogP contribution in [0.2, 0.25) is 0 Å². The van der Waals surface area contributed by atoms with Crippen LogP contribution < -0.4 is 19.8 Å². The van der Waals surface area contributed by atoms with Gasteiger partial charge in [0.2, 0.25) is 5.95 Å². The van der Waals surface area contributed by atoms with Crippen LogP contribution >= 0.6 is 0 Å². The highest BCUT2D eigenvalue weighted by Gasteiger charge is 2.22. The van der Waals surface area contributed by atoms with Crippen molar-refractivity contribution in [2.24, 2.45) is 0 Å². The van der Waals surface area contributed by atoms with Crippen LogP contribution in [-0.4, -0.2) is 42.6 Å². The van der Waals surface area contributed by atoms with E-state index in [-0.39, 0.29) is 27.8 Å². The number of imidazole rings is 1. The van der Waals surface area contributed by atoms with Crippen molar-refractivity contribution < 1.29 is 17.9 Å². The van der Waals surface area contributed by atoms with Gasteiger partial charge in [-0.3, -0.25) is 9.78 Å². The predicted molar refractivity (Wildman–Crippen MR) is 84.9 cm³/mol. The molecule has 0 saturated heterocycles. The smallest absolute Gasteiger partial charge is 0.278 e. The maximum Gasteiger partial charge on any atom is 0.278 e. The summed E-state index contributed by atoms with van der Waals surface area (Å²) < 4.78 is 37.5. The van der Waals surface area contributed by atoms with Crippen molar-refractivity contribution in [3.8, 4) is 11.5 Å². The number of aromatic nitrogens is 4. The summed E-state index contributed by atoms with van der Waals surface area (Å²) in [5.74, 6) is 0.191. The zero-order valence-corrected chi connectivity index (χ0v) is 13.5. The number of hydrogen-bond acceptors (Lipinski definition) is 7. The summed E-state index contributed by atoms with van der Waals surface area (Å²) in [4.78, 5) is 24.4. The Hall–Kier alpha value is -3.08. The van der Waals surface area contributed by atoms with Gasteiger partial charge in [0.25, 0.3) is 15.6 Å². The van der Waals surface area contributed by atoms with Gasteiger partial charge in [0.1, 0.15) is 16.4 Å². The fourth-order valence-corrected chi connectivity index (χ4v) is 3.22. The molecule has 2 aromatic heterocycles. The number of methoxy groups -OCH3 is 2. The molecule has 0 bridgehead atoms. The van der Waals surface area contributed by atoms with Crippen LogP contribution in [0, 0.1) is 0 Å². The van der Waals surface area contributed by atoms with E-state index in [0.29, 0.717) is 5.75 Å². The van der Waals surface area contributed by atoms with E-state index in [1.807, 2.05) is 0 Å². The first-order valence-corrected chi connectivity index (χ1v) is 8.11. The lowest BCUT2D eigenvalue weighted by Crippen LogP contribution is -2.19. The number of fused-ring (bicyclic) bond motifs is 1. The van der Waals surface area contributed by atoms with Crippen molar-refractivity contribution in [2.75, 3.05) is 18.9 Å². The Morgan fingerprint density at radius 3 is 2.71 bits per heavy atom. The van der Waals surface area contributed by atoms with Crippen molar-refractivity contribution in [2.45, 2.75) is 4.90 Å². The minimum absolute atomic E-state index is 0.0917. The van der Waals surface area contributed by atoms with E-state index in [4.69, 9.17) is 9.47 Å². The number of aromatic amines is 2. The van der Waals surface area contributed by atoms with Crippen LogP contribution in [0.25, 0.3) is 11.2 Å². The van der Waals surface area contributed by atoms with E-state index in [2.05, 4.69) is 24.7 Å². The number of nitrogens with zero attached hydrogens (tertiary/aromatic N) is 2. The Labute approximate surface area is 135 Å². The minimum Gasteiger partial charge on any atom is -0.497 e. The molecule has 0 atom stereocenters. The number of nitrogens with one attached hydrogen (secondary N) is 3. The quantitative estimate of drug-likeness (QED) is 0.607. The minimum atomic E-state index is -4.08. The summed E-state index contributed by atoms with van der Waals surface area (Å²) in [7, 11) is -1.33. The van der Waals surface area contributed by atoms with E-state index in [9.17, 15) is 13.2 Å². The molecular weight excluding hydrogens is 338 g/mol. The van der Waals surface area contributed by atoms with Gasteiger partial charge >= 0.3 is 0 Å². The van der Waals surface area contributed by atoms with Gasteiger partial charge in [0, 0.05) is 6.07 Å². The molecule has 0 saturated carbocycles. The van der Waals surface area contributed by atoms with E-state index in [1.165, 1.54) is 32.7 Å². The highest BCUT2D eigenvalue weighted by Crippen LogP contribution is 2.29. The zero-order valence-electron chi connectivity index (χ0n) is 12.7. The third-order valence-electron chi connectivity index (χ3n) is 3.19. The van der Waals surface area contributed by atoms with Gasteiger partial charge in [-0.05, 0) is 12.1 Å². The van der Waals surface area contributed by atoms with Crippen molar-refractivity contribution in [1.82, 2.24) is 19.9 Å². The van der Waals surface area contributed by atoms with Gasteiger partial charge in [-0.2, -0.15) is 4.98 Å². The number of anilines is 1. The summed E-state index contributed by atoms with van der Waals surface area (Å²) >= 11 is 0. The number of ether oxygens (including phenoxy) is 2. The molecule has 1 aromatic carbocycles. The van der Waals surface area contributed by atoms with Crippen LogP contribution in [0.1, 0.15) is 0 Å². The van der Waals surface area contributed by atoms with Crippen LogP contribution in [0.5, 0.6) is 11.5 Å². The Morgan fingerprint density at radius 2 is 2.00 bits per heavy atom. The Balaban J connectivity index is 2.06. The van der Waals surface area contributed by atoms with E-state index in [0.717, 1.165) is 0 Å². The lowest BCUT2D eigenvalue weighted by atomic mass is 10.3. The maximum absolute atomic E-state index is 12.6. The van der Waals surface area contributed by atoms with Gasteiger partial charge in [-0.15, -0.1) is 0 Å². The van der Waals surface area contributed by atoms with Crippen molar-refractivity contribution in [1.29, 1.82) is 0 Å². The largest absolute Gasteiger partial charge is 0.497 e. The molecule has 3 rings (SSSR count). The van der Waals surface area contributed by atoms with Gasteiger partial charge in [-0.25, -0.2) is 18.1 Å². The molecule has 10 nitrogen and oxygen atoms in total. The molecule has 126 valence electrons. The average molecular weight is 351 g/mol. The Bertz CT molecular complexity index is 1060. The molecular formula is C13H13N5O5S. The van der Waals surface area contributed by atoms with Crippen LogP contribution in [0.3, 0.4) is 0 Å². The predicted octanol–water partition coefficient (Wildman–Crippen LogP) is 0.464. The molecule has 3 aromatic rings. The first kappa shape index (κ1) is 15.8. The first-order chi connectivity index (χ1) is 11.4. The monoisotopic (exact) mass is 351 g/mol. The van der Waals surface area contributed by atoms with Crippen molar-refractivity contribution in [3.63, 3.8) is 0 Å². The van der Waals surface area contributed by atoms with E-state index >= 15 is 0 Å². The highest BCUT2D eigenvalue weighted by atomic mass is 32.2. The molecule has 0 aliphatic carbocycles. The lowest BCUT2D eigenvalue weighted by molar-refractivity contribution is 0.392. The molecule has 0 fully saturated rings. The van der Waals surface area contributed by atoms with Crippen LogP contribution in [-0.2, 0) is 10.0 Å². The summed E-state index contributed by atoms with van der Waals surface area (Å²) in [5, 5.41) is 0. The maximum atomic E-state index is 12.6. The van der Waals surface area contributed by atoms with Gasteiger partial charge < -0.3 is 14.5 Å². The standard InChI is InChI=1S/C13H13N5O5S/c1-22-7-3-4-8(23-2)9(5-7)24(20,21)18-13-16-11-10(12(19)17-13)14-6-15-11/h3-6H,1-2H3,(H3,14,15,16,17,18,19). The number of H-pyrrole nitrogens is 2. The molecule has 0 aliphatic heterocycles. The van der Waals surface area contributed by atoms with Crippen molar-refractivity contribution in [3.05, 3.63) is 34.9 Å². The molecule has 0 amide bonds. The second-order valence-electron chi connectivity index (χ2n) is 4.64. The average Bonchev–Trinajstić information content (AvgIpc) is 3.02. The number of benzene rings is 1. The fourth-order valence-electron chi connectivity index (χ4n) is 2.07. The summed E-state index contributed by atoms with van der Waals surface area (Å²) in [6, 6.07) is 4.32. The number of sulfonamides is 1. The summed E-state index contributed by atoms with van der Waals surface area (Å²) in [6.07, 6.45) is 1.29.